The molecule has 1 amide bonds. The van der Waals surface area contributed by atoms with Gasteiger partial charge in [-0.3, -0.25) is 14.6 Å². The lowest BCUT2D eigenvalue weighted by atomic mass is 10.0. The maximum Gasteiger partial charge on any atom is 0.325 e. The number of hydrogen-bond acceptors (Lipinski definition) is 4. The van der Waals surface area contributed by atoms with Crippen LogP contribution in [0, 0.1) is 12.8 Å². The summed E-state index contributed by atoms with van der Waals surface area (Å²) in [6.45, 7) is 9.03. The number of aromatic amines is 2. The molecule has 27 heavy (non-hydrogen) atoms. The molecular weight excluding hydrogens is 344 g/mol. The SMILES string of the molecule is Cc1c(NC(C)C(C)C)cccc1C(=O)N1CCc2c([nH]c(=O)[nH]c2=O)C1. The number of nitrogens with one attached hydrogen (secondary N) is 3. The lowest BCUT2D eigenvalue weighted by molar-refractivity contribution is 0.0730. The van der Waals surface area contributed by atoms with Gasteiger partial charge in [0, 0.05) is 35.1 Å². The van der Waals surface area contributed by atoms with Crippen LogP contribution in [0.5, 0.6) is 0 Å². The molecule has 0 fully saturated rings. The molecule has 3 rings (SSSR count). The average Bonchev–Trinajstić information content (AvgIpc) is 2.62. The maximum atomic E-state index is 13.1. The molecule has 0 aliphatic carbocycles. The summed E-state index contributed by atoms with van der Waals surface area (Å²) in [5.74, 6) is 0.373. The number of aromatic nitrogens is 2. The van der Waals surface area contributed by atoms with Crippen molar-refractivity contribution in [2.45, 2.75) is 46.7 Å². The molecular formula is C20H26N4O3. The highest BCUT2D eigenvalue weighted by Crippen LogP contribution is 2.24. The Balaban J connectivity index is 1.86. The third kappa shape index (κ3) is 3.82. The summed E-state index contributed by atoms with van der Waals surface area (Å²) < 4.78 is 0. The molecule has 7 heteroatoms. The summed E-state index contributed by atoms with van der Waals surface area (Å²) in [6, 6.07) is 5.96. The van der Waals surface area contributed by atoms with Crippen LogP contribution in [-0.2, 0) is 13.0 Å². The Bertz CT molecular complexity index is 974. The first kappa shape index (κ1) is 18.9. The first-order chi connectivity index (χ1) is 12.8. The molecule has 0 bridgehead atoms. The number of carbonyl (C=O) groups is 1. The van der Waals surface area contributed by atoms with E-state index in [4.69, 9.17) is 0 Å². The third-order valence-corrected chi connectivity index (χ3v) is 5.35. The zero-order valence-corrected chi connectivity index (χ0v) is 16.2. The number of amides is 1. The summed E-state index contributed by atoms with van der Waals surface area (Å²) >= 11 is 0. The number of anilines is 1. The van der Waals surface area contributed by atoms with Crippen molar-refractivity contribution in [2.75, 3.05) is 11.9 Å². The minimum atomic E-state index is -0.543. The number of hydrogen-bond donors (Lipinski definition) is 3. The minimum absolute atomic E-state index is 0.0971. The molecule has 1 unspecified atom stereocenters. The normalized spacial score (nSPS) is 14.8. The monoisotopic (exact) mass is 370 g/mol. The van der Waals surface area contributed by atoms with Crippen LogP contribution in [-0.4, -0.2) is 33.4 Å². The molecule has 3 N–H and O–H groups in total. The van der Waals surface area contributed by atoms with Crippen molar-refractivity contribution in [1.29, 1.82) is 0 Å². The predicted molar refractivity (Wildman–Crippen MR) is 105 cm³/mol. The van der Waals surface area contributed by atoms with Crippen LogP contribution < -0.4 is 16.6 Å². The molecule has 2 aromatic rings. The van der Waals surface area contributed by atoms with Crippen molar-refractivity contribution >= 4 is 11.6 Å². The second kappa shape index (κ2) is 7.42. The lowest BCUT2D eigenvalue weighted by Gasteiger charge is -2.29. The molecule has 1 aliphatic heterocycles. The van der Waals surface area contributed by atoms with Gasteiger partial charge in [0.15, 0.2) is 0 Å². The minimum Gasteiger partial charge on any atom is -0.382 e. The topological polar surface area (TPSA) is 98.1 Å². The first-order valence-corrected chi connectivity index (χ1v) is 9.27. The average molecular weight is 370 g/mol. The van der Waals surface area contributed by atoms with Gasteiger partial charge in [-0.15, -0.1) is 0 Å². The van der Waals surface area contributed by atoms with Crippen LogP contribution >= 0.6 is 0 Å². The van der Waals surface area contributed by atoms with Gasteiger partial charge < -0.3 is 15.2 Å². The molecule has 1 aromatic carbocycles. The Morgan fingerprint density at radius 3 is 2.63 bits per heavy atom. The van der Waals surface area contributed by atoms with Crippen molar-refractivity contribution < 1.29 is 4.79 Å². The molecule has 2 heterocycles. The van der Waals surface area contributed by atoms with E-state index in [1.54, 1.807) is 4.90 Å². The van der Waals surface area contributed by atoms with E-state index < -0.39 is 5.69 Å². The second-order valence-electron chi connectivity index (χ2n) is 7.50. The highest BCUT2D eigenvalue weighted by atomic mass is 16.2. The van der Waals surface area contributed by atoms with Gasteiger partial charge in [-0.25, -0.2) is 4.79 Å². The van der Waals surface area contributed by atoms with E-state index in [2.05, 4.69) is 36.1 Å². The molecule has 7 nitrogen and oxygen atoms in total. The van der Waals surface area contributed by atoms with E-state index in [1.807, 2.05) is 25.1 Å². The Labute approximate surface area is 157 Å². The summed E-state index contributed by atoms with van der Waals surface area (Å²) in [5.41, 5.74) is 2.64. The number of rotatable bonds is 4. The molecule has 1 aliphatic rings. The zero-order valence-electron chi connectivity index (χ0n) is 16.2. The molecule has 1 atom stereocenters. The van der Waals surface area contributed by atoms with Gasteiger partial charge in [0.1, 0.15) is 0 Å². The van der Waals surface area contributed by atoms with Crippen molar-refractivity contribution in [3.63, 3.8) is 0 Å². The van der Waals surface area contributed by atoms with Crippen LogP contribution in [0.15, 0.2) is 27.8 Å². The van der Waals surface area contributed by atoms with E-state index in [9.17, 15) is 14.4 Å². The lowest BCUT2D eigenvalue weighted by Crippen LogP contribution is -2.41. The molecule has 1 aromatic heterocycles. The van der Waals surface area contributed by atoms with Gasteiger partial charge >= 0.3 is 5.69 Å². The second-order valence-corrected chi connectivity index (χ2v) is 7.50. The summed E-state index contributed by atoms with van der Waals surface area (Å²) in [4.78, 5) is 43.1. The Morgan fingerprint density at radius 1 is 1.19 bits per heavy atom. The Kier molecular flexibility index (Phi) is 5.21. The fourth-order valence-corrected chi connectivity index (χ4v) is 3.25. The van der Waals surface area contributed by atoms with E-state index in [1.165, 1.54) is 0 Å². The first-order valence-electron chi connectivity index (χ1n) is 9.27. The molecule has 0 spiro atoms. The van der Waals surface area contributed by atoms with Crippen LogP contribution in [0.25, 0.3) is 0 Å². The number of H-pyrrole nitrogens is 2. The van der Waals surface area contributed by atoms with Gasteiger partial charge in [0.2, 0.25) is 0 Å². The summed E-state index contributed by atoms with van der Waals surface area (Å²) in [5, 5.41) is 3.47. The van der Waals surface area contributed by atoms with Gasteiger partial charge in [-0.05, 0) is 43.9 Å². The standard InChI is InChI=1S/C20H26N4O3/c1-11(2)13(4)21-16-7-5-6-14(12(16)3)19(26)24-9-8-15-17(10-24)22-20(27)23-18(15)25/h5-7,11,13,21H,8-10H2,1-4H3,(H2,22,23,25,27). The van der Waals surface area contributed by atoms with Gasteiger partial charge in [-0.2, -0.15) is 0 Å². The van der Waals surface area contributed by atoms with E-state index in [0.717, 1.165) is 11.3 Å². The van der Waals surface area contributed by atoms with Crippen LogP contribution in [0.4, 0.5) is 5.69 Å². The fraction of sp³-hybridized carbons (Fsp3) is 0.450. The van der Waals surface area contributed by atoms with Gasteiger partial charge in [-0.1, -0.05) is 19.9 Å². The van der Waals surface area contributed by atoms with Crippen LogP contribution in [0.3, 0.4) is 0 Å². The molecule has 0 saturated heterocycles. The van der Waals surface area contributed by atoms with Crippen molar-refractivity contribution in [3.05, 3.63) is 61.4 Å². The van der Waals surface area contributed by atoms with Gasteiger partial charge in [0.25, 0.3) is 11.5 Å². The van der Waals surface area contributed by atoms with E-state index in [0.29, 0.717) is 35.7 Å². The summed E-state index contributed by atoms with van der Waals surface area (Å²) in [6.07, 6.45) is 0.425. The van der Waals surface area contributed by atoms with Crippen molar-refractivity contribution in [3.8, 4) is 0 Å². The quantitative estimate of drug-likeness (QED) is 0.767. The number of fused-ring (bicyclic) bond motifs is 1. The molecule has 0 saturated carbocycles. The maximum absolute atomic E-state index is 13.1. The van der Waals surface area contributed by atoms with Gasteiger partial charge in [0.05, 0.1) is 6.54 Å². The smallest absolute Gasteiger partial charge is 0.325 e. The molecule has 144 valence electrons. The highest BCUT2D eigenvalue weighted by molar-refractivity contribution is 5.97. The van der Waals surface area contributed by atoms with Crippen molar-refractivity contribution in [2.24, 2.45) is 5.92 Å². The third-order valence-electron chi connectivity index (χ3n) is 5.35. The predicted octanol–water partition coefficient (Wildman–Crippen LogP) is 2.03. The number of benzene rings is 1. The van der Waals surface area contributed by atoms with E-state index >= 15 is 0 Å². The molecule has 0 radical (unpaired) electrons. The fourth-order valence-electron chi connectivity index (χ4n) is 3.25. The number of nitrogens with zero attached hydrogens (tertiary/aromatic N) is 1. The Hall–Kier alpha value is -2.83. The number of carbonyl (C=O) groups excluding carboxylic acids is 1. The van der Waals surface area contributed by atoms with Crippen LogP contribution in [0.2, 0.25) is 0 Å². The van der Waals surface area contributed by atoms with Crippen LogP contribution in [0.1, 0.15) is 48.0 Å². The largest absolute Gasteiger partial charge is 0.382 e. The van der Waals surface area contributed by atoms with Crippen molar-refractivity contribution in [1.82, 2.24) is 14.9 Å². The highest BCUT2D eigenvalue weighted by Gasteiger charge is 2.25. The zero-order chi connectivity index (χ0) is 19.7. The summed E-state index contributed by atoms with van der Waals surface area (Å²) in [7, 11) is 0. The Morgan fingerprint density at radius 2 is 1.93 bits per heavy atom. The van der Waals surface area contributed by atoms with E-state index in [-0.39, 0.29) is 24.1 Å².